The predicted octanol–water partition coefficient (Wildman–Crippen LogP) is 4.60. The molecule has 0 aromatic heterocycles. The zero-order chi connectivity index (χ0) is 23.4. The number of esters is 1. The highest BCUT2D eigenvalue weighted by molar-refractivity contribution is 6.30. The maximum Gasteiger partial charge on any atom is 0.309 e. The minimum Gasteiger partial charge on any atom is -0.466 e. The van der Waals surface area contributed by atoms with Crippen molar-refractivity contribution in [3.8, 4) is 0 Å². The molecule has 0 unspecified atom stereocenters. The van der Waals surface area contributed by atoms with Crippen LogP contribution in [0.15, 0.2) is 53.6 Å². The zero-order valence-electron chi connectivity index (χ0n) is 19.2. The van der Waals surface area contributed by atoms with Crippen LogP contribution >= 0.6 is 11.6 Å². The molecule has 4 rings (SSSR count). The zero-order valence-corrected chi connectivity index (χ0v) is 19.9. The highest BCUT2D eigenvalue weighted by Crippen LogP contribution is 2.34. The summed E-state index contributed by atoms with van der Waals surface area (Å²) in [7, 11) is 0. The standard InChI is InChI=1S/C26H30ClN3O3/c1-3-33-26(32)20-11-13-29(14-12-20)17-25(31)30-24(19-7-9-22(27)10-8-19)16-23(28-30)21-6-4-5-18(2)15-21/h4-10,15,20,24H,3,11-14,16-17H2,1-2H3/t24-/m0/s1. The fraction of sp³-hybridized carbons (Fsp3) is 0.423. The highest BCUT2D eigenvalue weighted by atomic mass is 35.5. The molecule has 7 heteroatoms. The average Bonchev–Trinajstić information content (AvgIpc) is 3.26. The molecule has 33 heavy (non-hydrogen) atoms. The van der Waals surface area contributed by atoms with Crippen LogP contribution in [-0.2, 0) is 14.3 Å². The van der Waals surface area contributed by atoms with Crippen molar-refractivity contribution in [2.45, 2.75) is 39.2 Å². The van der Waals surface area contributed by atoms with Gasteiger partial charge < -0.3 is 4.74 Å². The number of benzene rings is 2. The van der Waals surface area contributed by atoms with Crippen molar-refractivity contribution in [3.05, 3.63) is 70.2 Å². The van der Waals surface area contributed by atoms with Gasteiger partial charge in [-0.2, -0.15) is 5.10 Å². The Morgan fingerprint density at radius 3 is 2.52 bits per heavy atom. The summed E-state index contributed by atoms with van der Waals surface area (Å²) < 4.78 is 5.15. The van der Waals surface area contributed by atoms with Crippen molar-refractivity contribution >= 4 is 29.2 Å². The summed E-state index contributed by atoms with van der Waals surface area (Å²) in [6, 6.07) is 15.7. The second-order valence-electron chi connectivity index (χ2n) is 8.73. The molecular weight excluding hydrogens is 438 g/mol. The van der Waals surface area contributed by atoms with E-state index in [2.05, 4.69) is 24.0 Å². The third-order valence-electron chi connectivity index (χ3n) is 6.34. The van der Waals surface area contributed by atoms with E-state index in [1.807, 2.05) is 43.3 Å². The maximum absolute atomic E-state index is 13.4. The normalized spacial score (nSPS) is 19.4. The van der Waals surface area contributed by atoms with Crippen molar-refractivity contribution in [1.29, 1.82) is 0 Å². The topological polar surface area (TPSA) is 62.2 Å². The van der Waals surface area contributed by atoms with Gasteiger partial charge in [0.15, 0.2) is 0 Å². The second kappa shape index (κ2) is 10.5. The second-order valence-corrected chi connectivity index (χ2v) is 9.16. The monoisotopic (exact) mass is 467 g/mol. The van der Waals surface area contributed by atoms with Crippen LogP contribution in [0.2, 0.25) is 5.02 Å². The van der Waals surface area contributed by atoms with E-state index in [0.29, 0.717) is 44.0 Å². The first-order valence-corrected chi connectivity index (χ1v) is 11.9. The molecule has 0 saturated carbocycles. The fourth-order valence-corrected chi connectivity index (χ4v) is 4.66. The Morgan fingerprint density at radius 1 is 1.12 bits per heavy atom. The van der Waals surface area contributed by atoms with Crippen LogP contribution in [0.25, 0.3) is 0 Å². The molecule has 1 atom stereocenters. The van der Waals surface area contributed by atoms with Gasteiger partial charge >= 0.3 is 5.97 Å². The first kappa shape index (κ1) is 23.5. The molecule has 2 heterocycles. The number of halogens is 1. The van der Waals surface area contributed by atoms with Gasteiger partial charge in [0.25, 0.3) is 5.91 Å². The minimum atomic E-state index is -0.164. The Balaban J connectivity index is 1.49. The summed E-state index contributed by atoms with van der Waals surface area (Å²) in [5.74, 6) is -0.235. The number of amides is 1. The van der Waals surface area contributed by atoms with Crippen molar-refractivity contribution in [2.75, 3.05) is 26.2 Å². The van der Waals surface area contributed by atoms with Gasteiger partial charge in [-0.1, -0.05) is 53.6 Å². The number of nitrogens with zero attached hydrogens (tertiary/aromatic N) is 3. The number of piperidine rings is 1. The van der Waals surface area contributed by atoms with Crippen molar-refractivity contribution in [2.24, 2.45) is 11.0 Å². The number of rotatable bonds is 6. The number of carbonyl (C=O) groups is 2. The predicted molar refractivity (Wildman–Crippen MR) is 129 cm³/mol. The number of likely N-dealkylation sites (tertiary alicyclic amines) is 1. The Kier molecular flexibility index (Phi) is 7.46. The van der Waals surface area contributed by atoms with Gasteiger partial charge in [-0.05, 0) is 63.0 Å². The van der Waals surface area contributed by atoms with Crippen molar-refractivity contribution in [1.82, 2.24) is 9.91 Å². The van der Waals surface area contributed by atoms with E-state index in [4.69, 9.17) is 21.4 Å². The van der Waals surface area contributed by atoms with Gasteiger partial charge in [0.1, 0.15) is 0 Å². The molecule has 0 aliphatic carbocycles. The smallest absolute Gasteiger partial charge is 0.309 e. The lowest BCUT2D eigenvalue weighted by atomic mass is 9.96. The van der Waals surface area contributed by atoms with Crippen molar-refractivity contribution < 1.29 is 14.3 Å². The van der Waals surface area contributed by atoms with E-state index in [0.717, 1.165) is 22.4 Å². The maximum atomic E-state index is 13.4. The van der Waals surface area contributed by atoms with Crippen LogP contribution in [0.4, 0.5) is 0 Å². The van der Waals surface area contributed by atoms with Crippen LogP contribution in [0.5, 0.6) is 0 Å². The lowest BCUT2D eigenvalue weighted by Gasteiger charge is -2.31. The van der Waals surface area contributed by atoms with E-state index in [1.165, 1.54) is 0 Å². The number of hydrogen-bond acceptors (Lipinski definition) is 5. The van der Waals surface area contributed by atoms with Crippen LogP contribution in [0.3, 0.4) is 0 Å². The van der Waals surface area contributed by atoms with Gasteiger partial charge in [0, 0.05) is 11.4 Å². The van der Waals surface area contributed by atoms with Crippen LogP contribution in [-0.4, -0.2) is 53.7 Å². The lowest BCUT2D eigenvalue weighted by Crippen LogP contribution is -2.43. The number of hydrazone groups is 1. The molecule has 0 spiro atoms. The Labute approximate surface area is 200 Å². The van der Waals surface area contributed by atoms with Gasteiger partial charge in [-0.3, -0.25) is 14.5 Å². The molecule has 0 radical (unpaired) electrons. The third-order valence-corrected chi connectivity index (χ3v) is 6.59. The summed E-state index contributed by atoms with van der Waals surface area (Å²) in [6.07, 6.45) is 2.08. The molecule has 1 fully saturated rings. The van der Waals surface area contributed by atoms with Gasteiger partial charge in [-0.15, -0.1) is 0 Å². The molecule has 0 N–H and O–H groups in total. The Morgan fingerprint density at radius 2 is 1.85 bits per heavy atom. The molecule has 2 aromatic rings. The van der Waals surface area contributed by atoms with Crippen molar-refractivity contribution in [3.63, 3.8) is 0 Å². The molecule has 2 aromatic carbocycles. The average molecular weight is 468 g/mol. The molecule has 2 aliphatic heterocycles. The van der Waals surface area contributed by atoms with Gasteiger partial charge in [0.05, 0.1) is 30.8 Å². The van der Waals surface area contributed by atoms with E-state index >= 15 is 0 Å². The van der Waals surface area contributed by atoms with Gasteiger partial charge in [0.2, 0.25) is 0 Å². The molecule has 1 amide bonds. The summed E-state index contributed by atoms with van der Waals surface area (Å²) in [5, 5.41) is 7.08. The van der Waals surface area contributed by atoms with E-state index in [1.54, 1.807) is 5.01 Å². The fourth-order valence-electron chi connectivity index (χ4n) is 4.53. The summed E-state index contributed by atoms with van der Waals surface area (Å²) >= 11 is 6.09. The van der Waals surface area contributed by atoms with Gasteiger partial charge in [-0.25, -0.2) is 5.01 Å². The van der Waals surface area contributed by atoms with E-state index < -0.39 is 0 Å². The SMILES string of the molecule is CCOC(=O)C1CCN(CC(=O)N2N=C(c3cccc(C)c3)C[C@H]2c2ccc(Cl)cc2)CC1. The molecule has 2 aliphatic rings. The number of aryl methyl sites for hydroxylation is 1. The first-order chi connectivity index (χ1) is 15.9. The quantitative estimate of drug-likeness (QED) is 0.582. The molecular formula is C26H30ClN3O3. The van der Waals surface area contributed by atoms with Crippen LogP contribution in [0.1, 0.15) is 48.9 Å². The summed E-state index contributed by atoms with van der Waals surface area (Å²) in [5.41, 5.74) is 4.13. The third kappa shape index (κ3) is 5.63. The van der Waals surface area contributed by atoms with Crippen LogP contribution in [0, 0.1) is 12.8 Å². The van der Waals surface area contributed by atoms with E-state index in [-0.39, 0.29) is 30.4 Å². The summed E-state index contributed by atoms with van der Waals surface area (Å²) in [4.78, 5) is 27.5. The Bertz CT molecular complexity index is 1030. The number of carbonyl (C=O) groups excluding carboxylic acids is 2. The summed E-state index contributed by atoms with van der Waals surface area (Å²) in [6.45, 7) is 5.96. The minimum absolute atomic E-state index is 0.0350. The first-order valence-electron chi connectivity index (χ1n) is 11.6. The molecule has 1 saturated heterocycles. The largest absolute Gasteiger partial charge is 0.466 e. The number of hydrogen-bond donors (Lipinski definition) is 0. The molecule has 0 bridgehead atoms. The highest BCUT2D eigenvalue weighted by Gasteiger charge is 2.35. The van der Waals surface area contributed by atoms with Crippen LogP contribution < -0.4 is 0 Å². The molecule has 6 nitrogen and oxygen atoms in total. The Hall–Kier alpha value is -2.70. The number of ether oxygens (including phenoxy) is 1. The van der Waals surface area contributed by atoms with E-state index in [9.17, 15) is 9.59 Å². The lowest BCUT2D eigenvalue weighted by molar-refractivity contribution is -0.149. The molecule has 174 valence electrons.